The van der Waals surface area contributed by atoms with Crippen molar-refractivity contribution in [3.05, 3.63) is 0 Å². The number of morpholine rings is 1. The van der Waals surface area contributed by atoms with Crippen LogP contribution in [-0.2, 0) is 4.74 Å². The molecule has 0 aliphatic carbocycles. The molecular formula is C11H23N3O. The van der Waals surface area contributed by atoms with Crippen molar-refractivity contribution in [2.24, 2.45) is 16.6 Å². The third kappa shape index (κ3) is 3.38. The Morgan fingerprint density at radius 3 is 2.73 bits per heavy atom. The zero-order valence-electron chi connectivity index (χ0n) is 10.3. The molecule has 0 aromatic rings. The van der Waals surface area contributed by atoms with E-state index in [0.717, 1.165) is 19.7 Å². The maximum absolute atomic E-state index is 5.99. The Kier molecular flexibility index (Phi) is 3.97. The standard InChI is InChI=1S/C11H23N3O/c1-9(2)7-13-10(12)14-5-6-15-8-11(14,3)4/h9H,5-8H2,1-4H3,(H2,12,13). The van der Waals surface area contributed by atoms with Crippen molar-refractivity contribution in [3.63, 3.8) is 0 Å². The molecule has 0 saturated carbocycles. The number of hydrogen-bond donors (Lipinski definition) is 1. The Morgan fingerprint density at radius 1 is 1.53 bits per heavy atom. The molecule has 0 aromatic heterocycles. The fourth-order valence-electron chi connectivity index (χ4n) is 1.64. The highest BCUT2D eigenvalue weighted by atomic mass is 16.5. The summed E-state index contributed by atoms with van der Waals surface area (Å²) < 4.78 is 5.44. The quantitative estimate of drug-likeness (QED) is 0.551. The Balaban J connectivity index is 2.64. The van der Waals surface area contributed by atoms with Crippen LogP contribution in [0.25, 0.3) is 0 Å². The molecule has 4 nitrogen and oxygen atoms in total. The van der Waals surface area contributed by atoms with Gasteiger partial charge in [0.05, 0.1) is 18.8 Å². The highest BCUT2D eigenvalue weighted by Gasteiger charge is 2.31. The summed E-state index contributed by atoms with van der Waals surface area (Å²) in [6.45, 7) is 11.6. The summed E-state index contributed by atoms with van der Waals surface area (Å²) in [5, 5.41) is 0. The van der Waals surface area contributed by atoms with Crippen molar-refractivity contribution in [1.29, 1.82) is 0 Å². The van der Waals surface area contributed by atoms with Crippen molar-refractivity contribution in [2.75, 3.05) is 26.3 Å². The third-order valence-electron chi connectivity index (χ3n) is 2.54. The van der Waals surface area contributed by atoms with Crippen LogP contribution in [0.5, 0.6) is 0 Å². The average molecular weight is 213 g/mol. The average Bonchev–Trinajstić information content (AvgIpc) is 2.13. The number of nitrogens with two attached hydrogens (primary N) is 1. The molecule has 0 unspecified atom stereocenters. The molecule has 15 heavy (non-hydrogen) atoms. The lowest BCUT2D eigenvalue weighted by molar-refractivity contribution is -0.0157. The van der Waals surface area contributed by atoms with Crippen LogP contribution in [-0.4, -0.2) is 42.7 Å². The summed E-state index contributed by atoms with van der Waals surface area (Å²) in [5.41, 5.74) is 5.95. The maximum atomic E-state index is 5.99. The van der Waals surface area contributed by atoms with Crippen LogP contribution in [0.1, 0.15) is 27.7 Å². The first-order chi connectivity index (χ1) is 6.93. The Hall–Kier alpha value is -0.770. The van der Waals surface area contributed by atoms with Crippen molar-refractivity contribution >= 4 is 5.96 Å². The number of rotatable bonds is 2. The van der Waals surface area contributed by atoms with E-state index in [2.05, 4.69) is 37.6 Å². The molecule has 88 valence electrons. The molecule has 0 radical (unpaired) electrons. The molecule has 2 N–H and O–H groups in total. The van der Waals surface area contributed by atoms with E-state index in [0.29, 0.717) is 18.5 Å². The van der Waals surface area contributed by atoms with E-state index in [1.807, 2.05) is 0 Å². The molecule has 0 aromatic carbocycles. The van der Waals surface area contributed by atoms with Gasteiger partial charge in [-0.3, -0.25) is 4.99 Å². The van der Waals surface area contributed by atoms with Crippen LogP contribution in [0.15, 0.2) is 4.99 Å². The molecular weight excluding hydrogens is 190 g/mol. The van der Waals surface area contributed by atoms with E-state index in [1.54, 1.807) is 0 Å². The highest BCUT2D eigenvalue weighted by Crippen LogP contribution is 2.18. The molecule has 1 aliphatic rings. The van der Waals surface area contributed by atoms with E-state index in [-0.39, 0.29) is 5.54 Å². The Labute approximate surface area is 92.5 Å². The Bertz CT molecular complexity index is 236. The molecule has 0 amide bonds. The lowest BCUT2D eigenvalue weighted by Gasteiger charge is -2.42. The summed E-state index contributed by atoms with van der Waals surface area (Å²) in [4.78, 5) is 6.55. The maximum Gasteiger partial charge on any atom is 0.191 e. The first-order valence-corrected chi connectivity index (χ1v) is 5.59. The minimum atomic E-state index is -0.0389. The van der Waals surface area contributed by atoms with Crippen molar-refractivity contribution in [1.82, 2.24) is 4.90 Å². The molecule has 0 atom stereocenters. The van der Waals surface area contributed by atoms with E-state index in [1.165, 1.54) is 0 Å². The van der Waals surface area contributed by atoms with Crippen molar-refractivity contribution in [3.8, 4) is 0 Å². The van der Waals surface area contributed by atoms with Gasteiger partial charge in [-0.2, -0.15) is 0 Å². The summed E-state index contributed by atoms with van der Waals surface area (Å²) in [6.07, 6.45) is 0. The molecule has 1 heterocycles. The summed E-state index contributed by atoms with van der Waals surface area (Å²) in [7, 11) is 0. The van der Waals surface area contributed by atoms with E-state index >= 15 is 0 Å². The van der Waals surface area contributed by atoms with Gasteiger partial charge in [-0.15, -0.1) is 0 Å². The van der Waals surface area contributed by atoms with Crippen LogP contribution in [0, 0.1) is 5.92 Å². The minimum absolute atomic E-state index is 0.0389. The van der Waals surface area contributed by atoms with Crippen LogP contribution >= 0.6 is 0 Å². The van der Waals surface area contributed by atoms with Crippen LogP contribution < -0.4 is 5.73 Å². The first kappa shape index (κ1) is 12.3. The fourth-order valence-corrected chi connectivity index (χ4v) is 1.64. The molecule has 1 saturated heterocycles. The number of hydrogen-bond acceptors (Lipinski definition) is 2. The molecule has 1 fully saturated rings. The number of guanidine groups is 1. The van der Waals surface area contributed by atoms with Gasteiger partial charge in [-0.25, -0.2) is 0 Å². The van der Waals surface area contributed by atoms with Gasteiger partial charge in [0.2, 0.25) is 0 Å². The Morgan fingerprint density at radius 2 is 2.20 bits per heavy atom. The molecule has 4 heteroatoms. The van der Waals surface area contributed by atoms with Crippen LogP contribution in [0.4, 0.5) is 0 Å². The van der Waals surface area contributed by atoms with Crippen molar-refractivity contribution in [2.45, 2.75) is 33.2 Å². The third-order valence-corrected chi connectivity index (χ3v) is 2.54. The normalized spacial score (nSPS) is 22.2. The summed E-state index contributed by atoms with van der Waals surface area (Å²) >= 11 is 0. The van der Waals surface area contributed by atoms with E-state index in [4.69, 9.17) is 10.5 Å². The first-order valence-electron chi connectivity index (χ1n) is 5.59. The van der Waals surface area contributed by atoms with Gasteiger partial charge in [-0.1, -0.05) is 13.8 Å². The molecule has 1 aliphatic heterocycles. The number of nitrogens with zero attached hydrogens (tertiary/aromatic N) is 2. The highest BCUT2D eigenvalue weighted by molar-refractivity contribution is 5.79. The van der Waals surface area contributed by atoms with Crippen molar-refractivity contribution < 1.29 is 4.74 Å². The lowest BCUT2D eigenvalue weighted by Crippen LogP contribution is -2.57. The summed E-state index contributed by atoms with van der Waals surface area (Å²) in [5.74, 6) is 1.20. The molecule has 1 rings (SSSR count). The second-order valence-corrected chi connectivity index (χ2v) is 5.11. The lowest BCUT2D eigenvalue weighted by atomic mass is 10.0. The topological polar surface area (TPSA) is 50.8 Å². The zero-order valence-corrected chi connectivity index (χ0v) is 10.3. The molecule has 0 bridgehead atoms. The minimum Gasteiger partial charge on any atom is -0.377 e. The summed E-state index contributed by atoms with van der Waals surface area (Å²) in [6, 6.07) is 0. The van der Waals surface area contributed by atoms with Crippen LogP contribution in [0.3, 0.4) is 0 Å². The second-order valence-electron chi connectivity index (χ2n) is 5.11. The molecule has 0 spiro atoms. The second kappa shape index (κ2) is 4.84. The van der Waals surface area contributed by atoms with Gasteiger partial charge in [-0.05, 0) is 19.8 Å². The SMILES string of the molecule is CC(C)CN=C(N)N1CCOCC1(C)C. The van der Waals surface area contributed by atoms with Gasteiger partial charge >= 0.3 is 0 Å². The monoisotopic (exact) mass is 213 g/mol. The van der Waals surface area contributed by atoms with Gasteiger partial charge in [0.15, 0.2) is 5.96 Å². The van der Waals surface area contributed by atoms with E-state index in [9.17, 15) is 0 Å². The number of aliphatic imine (C=N–C) groups is 1. The van der Waals surface area contributed by atoms with Crippen LogP contribution in [0.2, 0.25) is 0 Å². The van der Waals surface area contributed by atoms with E-state index < -0.39 is 0 Å². The predicted octanol–water partition coefficient (Wildman–Crippen LogP) is 1.07. The smallest absolute Gasteiger partial charge is 0.191 e. The van der Waals surface area contributed by atoms with Gasteiger partial charge < -0.3 is 15.4 Å². The van der Waals surface area contributed by atoms with Gasteiger partial charge in [0.25, 0.3) is 0 Å². The van der Waals surface area contributed by atoms with Gasteiger partial charge in [0.1, 0.15) is 0 Å². The van der Waals surface area contributed by atoms with Gasteiger partial charge in [0, 0.05) is 13.1 Å². The zero-order chi connectivity index (χ0) is 11.5. The predicted molar refractivity (Wildman–Crippen MR) is 62.9 cm³/mol. The fraction of sp³-hybridized carbons (Fsp3) is 0.909. The largest absolute Gasteiger partial charge is 0.377 e. The number of ether oxygens (including phenoxy) is 1.